The molecule has 9 nitrogen and oxygen atoms in total. The van der Waals surface area contributed by atoms with Gasteiger partial charge in [-0.2, -0.15) is 10.2 Å². The molecule has 32 heavy (non-hydrogen) atoms. The van der Waals surface area contributed by atoms with E-state index in [0.29, 0.717) is 52.6 Å². The molecule has 10 heteroatoms. The number of azo groups is 1. The zero-order chi connectivity index (χ0) is 23.7. The summed E-state index contributed by atoms with van der Waals surface area (Å²) in [5, 5.41) is 10.9. The third kappa shape index (κ3) is 6.10. The number of para-hydroxylation sites is 1. The third-order valence-corrected chi connectivity index (χ3v) is 4.54. The molecule has 2 rings (SSSR count). The van der Waals surface area contributed by atoms with E-state index in [1.807, 2.05) is 0 Å². The van der Waals surface area contributed by atoms with Crippen LogP contribution < -0.4 is 24.3 Å². The second-order valence-electron chi connectivity index (χ2n) is 6.38. The molecule has 0 bridgehead atoms. The van der Waals surface area contributed by atoms with E-state index >= 15 is 0 Å². The minimum atomic E-state index is -1.38. The van der Waals surface area contributed by atoms with Gasteiger partial charge in [-0.3, -0.25) is 9.59 Å². The molecule has 2 aromatic rings. The first-order valence-corrected chi connectivity index (χ1v) is 10.3. The summed E-state index contributed by atoms with van der Waals surface area (Å²) in [5.41, 5.74) is 0.654. The van der Waals surface area contributed by atoms with E-state index in [0.717, 1.165) is 0 Å². The number of carbonyl (C=O) groups excluding carboxylic acids is 2. The predicted molar refractivity (Wildman–Crippen MR) is 121 cm³/mol. The number of Topliss-reactive ketones (excluding diaryl/α,β-unsaturated/α-hetero) is 1. The van der Waals surface area contributed by atoms with Crippen LogP contribution in [-0.4, -0.2) is 45.2 Å². The number of amides is 1. The number of ether oxygens (including phenoxy) is 4. The Hall–Kier alpha value is -3.33. The van der Waals surface area contributed by atoms with E-state index in [2.05, 4.69) is 15.5 Å². The summed E-state index contributed by atoms with van der Waals surface area (Å²) in [4.78, 5) is 24.9. The minimum Gasteiger partial charge on any atom is -0.493 e. The summed E-state index contributed by atoms with van der Waals surface area (Å²) >= 11 is 6.29. The lowest BCUT2D eigenvalue weighted by atomic mass is 10.2. The number of hydrogen-bond donors (Lipinski definition) is 1. The molecule has 1 N–H and O–H groups in total. The Morgan fingerprint density at radius 3 is 2.16 bits per heavy atom. The van der Waals surface area contributed by atoms with E-state index in [1.165, 1.54) is 21.1 Å². The standard InChI is InChI=1S/C22H26ClN3O6/c1-6-31-17-11-14(12-18(19(17)23)32-7-2)24-22(28)20(13(3)27)26-25-15-9-8-10-16(29-4)21(15)30-5/h8-12,20H,6-7H2,1-5H3,(H,24,28). The van der Waals surface area contributed by atoms with Crippen molar-refractivity contribution in [2.45, 2.75) is 26.8 Å². The molecule has 0 saturated heterocycles. The zero-order valence-corrected chi connectivity index (χ0v) is 19.4. The fraction of sp³-hybridized carbons (Fsp3) is 0.364. The topological polar surface area (TPSA) is 108 Å². The Labute approximate surface area is 191 Å². The molecular formula is C22H26ClN3O6. The maximum absolute atomic E-state index is 12.8. The monoisotopic (exact) mass is 463 g/mol. The summed E-state index contributed by atoms with van der Waals surface area (Å²) in [6.45, 7) is 5.61. The van der Waals surface area contributed by atoms with Crippen LogP contribution in [0.15, 0.2) is 40.6 Å². The molecule has 0 fully saturated rings. The van der Waals surface area contributed by atoms with Crippen molar-refractivity contribution in [2.24, 2.45) is 10.2 Å². The maximum atomic E-state index is 12.8. The molecule has 0 radical (unpaired) electrons. The van der Waals surface area contributed by atoms with Crippen molar-refractivity contribution in [3.05, 3.63) is 35.4 Å². The summed E-state index contributed by atoms with van der Waals surface area (Å²) in [5.74, 6) is 0.310. The Balaban J connectivity index is 2.32. The molecule has 0 aliphatic carbocycles. The Morgan fingerprint density at radius 1 is 1.03 bits per heavy atom. The van der Waals surface area contributed by atoms with E-state index in [-0.39, 0.29) is 0 Å². The third-order valence-electron chi connectivity index (χ3n) is 4.17. The molecular weight excluding hydrogens is 438 g/mol. The van der Waals surface area contributed by atoms with Crippen molar-refractivity contribution >= 4 is 34.7 Å². The van der Waals surface area contributed by atoms with Crippen LogP contribution in [-0.2, 0) is 9.59 Å². The maximum Gasteiger partial charge on any atom is 0.258 e. The summed E-state index contributed by atoms with van der Waals surface area (Å²) in [6.07, 6.45) is 0. The van der Waals surface area contributed by atoms with Crippen molar-refractivity contribution < 1.29 is 28.5 Å². The van der Waals surface area contributed by atoms with Crippen LogP contribution in [0.4, 0.5) is 11.4 Å². The van der Waals surface area contributed by atoms with Gasteiger partial charge in [0, 0.05) is 17.8 Å². The van der Waals surface area contributed by atoms with Gasteiger partial charge in [0.1, 0.15) is 22.2 Å². The zero-order valence-electron chi connectivity index (χ0n) is 18.6. The fourth-order valence-electron chi connectivity index (χ4n) is 2.76. The number of nitrogens with zero attached hydrogens (tertiary/aromatic N) is 2. The van der Waals surface area contributed by atoms with Crippen molar-refractivity contribution in [1.82, 2.24) is 0 Å². The van der Waals surface area contributed by atoms with Gasteiger partial charge in [-0.05, 0) is 32.9 Å². The fourth-order valence-corrected chi connectivity index (χ4v) is 2.98. The first-order chi connectivity index (χ1) is 15.4. The van der Waals surface area contributed by atoms with Gasteiger partial charge in [-0.1, -0.05) is 17.7 Å². The van der Waals surface area contributed by atoms with Gasteiger partial charge in [-0.15, -0.1) is 0 Å². The van der Waals surface area contributed by atoms with Gasteiger partial charge in [0.15, 0.2) is 17.3 Å². The molecule has 1 unspecified atom stereocenters. The second-order valence-corrected chi connectivity index (χ2v) is 6.76. The largest absolute Gasteiger partial charge is 0.493 e. The SMILES string of the molecule is CCOc1cc(NC(=O)C(N=Nc2cccc(OC)c2OC)C(C)=O)cc(OCC)c1Cl. The van der Waals surface area contributed by atoms with Crippen LogP contribution in [0, 0.1) is 0 Å². The lowest BCUT2D eigenvalue weighted by Crippen LogP contribution is -2.31. The Kier molecular flexibility index (Phi) is 9.27. The highest BCUT2D eigenvalue weighted by Crippen LogP contribution is 2.38. The summed E-state index contributed by atoms with van der Waals surface area (Å²) in [6, 6.07) is 6.72. The first kappa shape index (κ1) is 24.9. The number of methoxy groups -OCH3 is 2. The van der Waals surface area contributed by atoms with Crippen molar-refractivity contribution in [1.29, 1.82) is 0 Å². The lowest BCUT2D eigenvalue weighted by molar-refractivity contribution is -0.126. The highest BCUT2D eigenvalue weighted by Gasteiger charge is 2.24. The molecule has 0 aromatic heterocycles. The summed E-state index contributed by atoms with van der Waals surface area (Å²) in [7, 11) is 2.95. The first-order valence-electron chi connectivity index (χ1n) is 9.88. The molecule has 0 aliphatic rings. The van der Waals surface area contributed by atoms with E-state index in [9.17, 15) is 9.59 Å². The predicted octanol–water partition coefficient (Wildman–Crippen LogP) is 4.83. The quantitative estimate of drug-likeness (QED) is 0.377. The number of benzene rings is 2. The molecule has 0 aliphatic heterocycles. The molecule has 2 aromatic carbocycles. The van der Waals surface area contributed by atoms with Gasteiger partial charge in [0.25, 0.3) is 5.91 Å². The van der Waals surface area contributed by atoms with Crippen molar-refractivity contribution in [3.63, 3.8) is 0 Å². The average Bonchev–Trinajstić information content (AvgIpc) is 2.76. The number of carbonyl (C=O) groups is 2. The average molecular weight is 464 g/mol. The minimum absolute atomic E-state index is 0.291. The molecule has 1 atom stereocenters. The molecule has 0 saturated carbocycles. The van der Waals surface area contributed by atoms with Gasteiger partial charge in [-0.25, -0.2) is 0 Å². The van der Waals surface area contributed by atoms with Gasteiger partial charge in [0.05, 0.1) is 27.4 Å². The van der Waals surface area contributed by atoms with Gasteiger partial charge in [0.2, 0.25) is 6.04 Å². The molecule has 172 valence electrons. The molecule has 1 amide bonds. The number of nitrogens with one attached hydrogen (secondary N) is 1. The molecule has 0 heterocycles. The number of ketones is 1. The van der Waals surface area contributed by atoms with Crippen molar-refractivity contribution in [2.75, 3.05) is 32.8 Å². The van der Waals surface area contributed by atoms with Crippen LogP contribution in [0.25, 0.3) is 0 Å². The van der Waals surface area contributed by atoms with Gasteiger partial charge >= 0.3 is 0 Å². The Morgan fingerprint density at radius 2 is 1.66 bits per heavy atom. The van der Waals surface area contributed by atoms with E-state index < -0.39 is 17.7 Å². The lowest BCUT2D eigenvalue weighted by Gasteiger charge is -2.15. The highest BCUT2D eigenvalue weighted by molar-refractivity contribution is 6.33. The highest BCUT2D eigenvalue weighted by atomic mass is 35.5. The Bertz CT molecular complexity index is 969. The van der Waals surface area contributed by atoms with E-state index in [4.69, 9.17) is 30.5 Å². The van der Waals surface area contributed by atoms with Crippen LogP contribution in [0.1, 0.15) is 20.8 Å². The van der Waals surface area contributed by atoms with Crippen LogP contribution in [0.5, 0.6) is 23.0 Å². The second kappa shape index (κ2) is 11.9. The van der Waals surface area contributed by atoms with Crippen LogP contribution in [0.2, 0.25) is 5.02 Å². The van der Waals surface area contributed by atoms with Crippen LogP contribution >= 0.6 is 11.6 Å². The van der Waals surface area contributed by atoms with Crippen LogP contribution in [0.3, 0.4) is 0 Å². The smallest absolute Gasteiger partial charge is 0.258 e. The number of hydrogen-bond acceptors (Lipinski definition) is 8. The number of rotatable bonds is 11. The van der Waals surface area contributed by atoms with Gasteiger partial charge < -0.3 is 24.3 Å². The summed E-state index contributed by atoms with van der Waals surface area (Å²) < 4.78 is 21.5. The van der Waals surface area contributed by atoms with Crippen molar-refractivity contribution in [3.8, 4) is 23.0 Å². The number of anilines is 1. The number of halogens is 1. The normalized spacial score (nSPS) is 11.7. The molecule has 0 spiro atoms. The van der Waals surface area contributed by atoms with E-state index in [1.54, 1.807) is 44.2 Å².